The van der Waals surface area contributed by atoms with Crippen molar-refractivity contribution in [2.75, 3.05) is 25.5 Å². The van der Waals surface area contributed by atoms with Crippen molar-refractivity contribution in [1.29, 1.82) is 0 Å². The highest BCUT2D eigenvalue weighted by Gasteiger charge is 2.07. The maximum Gasteiger partial charge on any atom is 0.239 e. The van der Waals surface area contributed by atoms with Gasteiger partial charge in [0.1, 0.15) is 5.75 Å². The second-order valence-electron chi connectivity index (χ2n) is 4.90. The van der Waals surface area contributed by atoms with Crippen molar-refractivity contribution in [2.45, 2.75) is 6.42 Å². The van der Waals surface area contributed by atoms with Crippen LogP contribution in [-0.2, 0) is 11.2 Å². The number of amides is 1. The van der Waals surface area contributed by atoms with E-state index in [1.165, 1.54) is 0 Å². The molecule has 0 unspecified atom stereocenters. The molecule has 0 aliphatic rings. The fourth-order valence-electron chi connectivity index (χ4n) is 2.07. The summed E-state index contributed by atoms with van der Waals surface area (Å²) in [6.45, 7) is 0.658. The minimum absolute atomic E-state index is 0.113. The topological polar surface area (TPSA) is 50.4 Å². The van der Waals surface area contributed by atoms with Gasteiger partial charge in [0.05, 0.1) is 29.4 Å². The van der Waals surface area contributed by atoms with E-state index in [-0.39, 0.29) is 12.5 Å². The summed E-state index contributed by atoms with van der Waals surface area (Å²) < 4.78 is 5.17. The fraction of sp³-hybridized carbons (Fsp3) is 0.235. The van der Waals surface area contributed by atoms with E-state index in [9.17, 15) is 4.79 Å². The second-order valence-corrected chi connectivity index (χ2v) is 5.72. The molecule has 0 aliphatic carbocycles. The van der Waals surface area contributed by atoms with Gasteiger partial charge in [-0.25, -0.2) is 0 Å². The molecule has 0 bridgehead atoms. The molecule has 2 rings (SSSR count). The largest absolute Gasteiger partial charge is 0.497 e. The van der Waals surface area contributed by atoms with Gasteiger partial charge in [0.2, 0.25) is 5.91 Å². The molecule has 0 saturated carbocycles. The molecule has 0 radical (unpaired) electrons. The summed E-state index contributed by atoms with van der Waals surface area (Å²) in [5.74, 6) is 0.688. The Morgan fingerprint density at radius 3 is 2.52 bits per heavy atom. The molecule has 23 heavy (non-hydrogen) atoms. The van der Waals surface area contributed by atoms with Gasteiger partial charge in [-0.1, -0.05) is 41.4 Å². The summed E-state index contributed by atoms with van der Waals surface area (Å²) in [6.07, 6.45) is 0.732. The lowest BCUT2D eigenvalue weighted by Crippen LogP contribution is -2.31. The van der Waals surface area contributed by atoms with Crippen LogP contribution in [-0.4, -0.2) is 26.1 Å². The van der Waals surface area contributed by atoms with Gasteiger partial charge in [-0.3, -0.25) is 4.79 Å². The van der Waals surface area contributed by atoms with E-state index in [1.807, 2.05) is 24.3 Å². The first-order valence-corrected chi connectivity index (χ1v) is 7.93. The van der Waals surface area contributed by atoms with Gasteiger partial charge >= 0.3 is 0 Å². The number of rotatable bonds is 7. The summed E-state index contributed by atoms with van der Waals surface area (Å²) in [7, 11) is 1.63. The highest BCUT2D eigenvalue weighted by molar-refractivity contribution is 6.39. The van der Waals surface area contributed by atoms with E-state index in [4.69, 9.17) is 27.9 Å². The van der Waals surface area contributed by atoms with Gasteiger partial charge in [0, 0.05) is 6.54 Å². The van der Waals surface area contributed by atoms with Crippen LogP contribution < -0.4 is 15.4 Å². The van der Waals surface area contributed by atoms with Gasteiger partial charge in [0.25, 0.3) is 0 Å². The van der Waals surface area contributed by atoms with Crippen molar-refractivity contribution >= 4 is 34.8 Å². The zero-order valence-electron chi connectivity index (χ0n) is 12.7. The Morgan fingerprint density at radius 2 is 1.83 bits per heavy atom. The molecule has 1 amide bonds. The second kappa shape index (κ2) is 8.65. The first kappa shape index (κ1) is 17.4. The average molecular weight is 353 g/mol. The van der Waals surface area contributed by atoms with E-state index >= 15 is 0 Å². The summed E-state index contributed by atoms with van der Waals surface area (Å²) in [4.78, 5) is 11.9. The van der Waals surface area contributed by atoms with Crippen LogP contribution in [0.4, 0.5) is 5.69 Å². The maximum absolute atomic E-state index is 11.9. The third-order valence-electron chi connectivity index (χ3n) is 3.26. The van der Waals surface area contributed by atoms with E-state index in [1.54, 1.807) is 25.3 Å². The summed E-state index contributed by atoms with van der Waals surface area (Å²) >= 11 is 12.1. The molecule has 2 aromatic carbocycles. The number of halogens is 2. The highest BCUT2D eigenvalue weighted by Crippen LogP contribution is 2.29. The Balaban J connectivity index is 1.77. The Labute approximate surface area is 145 Å². The van der Waals surface area contributed by atoms with Crippen molar-refractivity contribution in [3.8, 4) is 5.75 Å². The monoisotopic (exact) mass is 352 g/mol. The molecule has 0 aromatic heterocycles. The van der Waals surface area contributed by atoms with Gasteiger partial charge in [-0.05, 0) is 36.2 Å². The molecule has 0 heterocycles. The molecule has 0 fully saturated rings. The quantitative estimate of drug-likeness (QED) is 0.797. The fourth-order valence-corrected chi connectivity index (χ4v) is 2.60. The SMILES string of the molecule is COc1cccc(CCNC(=O)CNc2c(Cl)cccc2Cl)c1. The minimum Gasteiger partial charge on any atom is -0.497 e. The lowest BCUT2D eigenvalue weighted by molar-refractivity contribution is -0.119. The van der Waals surface area contributed by atoms with Crippen molar-refractivity contribution in [2.24, 2.45) is 0 Å². The van der Waals surface area contributed by atoms with Crippen molar-refractivity contribution in [1.82, 2.24) is 5.32 Å². The average Bonchev–Trinajstić information content (AvgIpc) is 2.54. The van der Waals surface area contributed by atoms with Gasteiger partial charge < -0.3 is 15.4 Å². The number of para-hydroxylation sites is 1. The van der Waals surface area contributed by atoms with Gasteiger partial charge in [-0.2, -0.15) is 0 Å². The maximum atomic E-state index is 11.9. The van der Waals surface area contributed by atoms with Gasteiger partial charge in [0.15, 0.2) is 0 Å². The Morgan fingerprint density at radius 1 is 1.13 bits per heavy atom. The number of anilines is 1. The Hall–Kier alpha value is -1.91. The minimum atomic E-state index is -0.121. The Kier molecular flexibility index (Phi) is 6.56. The standard InChI is InChI=1S/C17H18Cl2N2O2/c1-23-13-5-2-4-12(10-13)8-9-20-16(22)11-21-17-14(18)6-3-7-15(17)19/h2-7,10,21H,8-9,11H2,1H3,(H,20,22). The zero-order valence-corrected chi connectivity index (χ0v) is 14.2. The molecular weight excluding hydrogens is 335 g/mol. The first-order chi connectivity index (χ1) is 11.1. The summed E-state index contributed by atoms with van der Waals surface area (Å²) in [5, 5.41) is 6.78. The highest BCUT2D eigenvalue weighted by atomic mass is 35.5. The number of methoxy groups -OCH3 is 1. The predicted octanol–water partition coefficient (Wildman–Crippen LogP) is 3.77. The lowest BCUT2D eigenvalue weighted by atomic mass is 10.1. The van der Waals surface area contributed by atoms with Crippen LogP contribution in [0.15, 0.2) is 42.5 Å². The van der Waals surface area contributed by atoms with Crippen LogP contribution in [0.1, 0.15) is 5.56 Å². The van der Waals surface area contributed by atoms with Crippen molar-refractivity contribution < 1.29 is 9.53 Å². The summed E-state index contributed by atoms with van der Waals surface area (Å²) in [6, 6.07) is 13.0. The van der Waals surface area contributed by atoms with Gasteiger partial charge in [-0.15, -0.1) is 0 Å². The van der Waals surface area contributed by atoms with E-state index in [0.29, 0.717) is 22.3 Å². The molecule has 0 spiro atoms. The molecule has 122 valence electrons. The molecule has 0 aliphatic heterocycles. The lowest BCUT2D eigenvalue weighted by Gasteiger charge is -2.11. The van der Waals surface area contributed by atoms with Crippen molar-refractivity contribution in [3.63, 3.8) is 0 Å². The van der Waals surface area contributed by atoms with Crippen LogP contribution in [0.2, 0.25) is 10.0 Å². The number of nitrogens with one attached hydrogen (secondary N) is 2. The van der Waals surface area contributed by atoms with Crippen LogP contribution in [0.25, 0.3) is 0 Å². The third-order valence-corrected chi connectivity index (χ3v) is 3.89. The van der Waals surface area contributed by atoms with Crippen LogP contribution in [0.5, 0.6) is 5.75 Å². The van der Waals surface area contributed by atoms with Crippen molar-refractivity contribution in [3.05, 3.63) is 58.1 Å². The molecule has 2 aromatic rings. The first-order valence-electron chi connectivity index (χ1n) is 7.17. The Bertz CT molecular complexity index is 657. The van der Waals surface area contributed by atoms with Crippen LogP contribution in [0, 0.1) is 0 Å². The van der Waals surface area contributed by atoms with E-state index in [2.05, 4.69) is 10.6 Å². The molecule has 2 N–H and O–H groups in total. The van der Waals surface area contributed by atoms with Crippen LogP contribution in [0.3, 0.4) is 0 Å². The molecular formula is C17H18Cl2N2O2. The van der Waals surface area contributed by atoms with E-state index in [0.717, 1.165) is 17.7 Å². The third kappa shape index (κ3) is 5.34. The molecule has 4 nitrogen and oxygen atoms in total. The smallest absolute Gasteiger partial charge is 0.239 e. The number of carbonyl (C=O) groups excluding carboxylic acids is 1. The normalized spacial score (nSPS) is 10.2. The molecule has 0 atom stereocenters. The zero-order chi connectivity index (χ0) is 16.7. The number of hydrogen-bond donors (Lipinski definition) is 2. The number of hydrogen-bond acceptors (Lipinski definition) is 3. The molecule has 6 heteroatoms. The molecule has 0 saturated heterocycles. The number of carbonyl (C=O) groups is 1. The predicted molar refractivity (Wildman–Crippen MR) is 94.7 cm³/mol. The number of ether oxygens (including phenoxy) is 1. The summed E-state index contributed by atoms with van der Waals surface area (Å²) in [5.41, 5.74) is 1.67. The van der Waals surface area contributed by atoms with Crippen LogP contribution >= 0.6 is 23.2 Å². The number of benzene rings is 2. The van der Waals surface area contributed by atoms with E-state index < -0.39 is 0 Å².